The summed E-state index contributed by atoms with van der Waals surface area (Å²) < 4.78 is 5.30. The minimum absolute atomic E-state index is 0.259. The van der Waals surface area contributed by atoms with Crippen molar-refractivity contribution in [1.29, 1.82) is 5.26 Å². The zero-order chi connectivity index (χ0) is 13.7. The summed E-state index contributed by atoms with van der Waals surface area (Å²) in [6.07, 6.45) is 3.25. The average molecular weight is 260 g/mol. The fraction of sp³-hybridized carbons (Fsp3) is 0.533. The number of hydrogen-bond donors (Lipinski definition) is 2. The number of methoxy groups -OCH3 is 1. The van der Waals surface area contributed by atoms with Crippen LogP contribution in [0.2, 0.25) is 0 Å². The van der Waals surface area contributed by atoms with E-state index in [0.717, 1.165) is 24.3 Å². The van der Waals surface area contributed by atoms with E-state index in [-0.39, 0.29) is 6.61 Å². The molecular weight excluding hydrogens is 240 g/mol. The van der Waals surface area contributed by atoms with Crippen LogP contribution < -0.4 is 10.1 Å². The van der Waals surface area contributed by atoms with Crippen molar-refractivity contribution < 1.29 is 9.84 Å². The van der Waals surface area contributed by atoms with Gasteiger partial charge in [-0.1, -0.05) is 0 Å². The second-order valence-corrected chi connectivity index (χ2v) is 5.22. The van der Waals surface area contributed by atoms with Gasteiger partial charge in [0.05, 0.1) is 18.7 Å². The predicted molar refractivity (Wildman–Crippen MR) is 72.8 cm³/mol. The van der Waals surface area contributed by atoms with E-state index in [9.17, 15) is 0 Å². The maximum atomic E-state index is 9.02. The molecule has 0 aromatic heterocycles. The Morgan fingerprint density at radius 3 is 2.84 bits per heavy atom. The SMILES string of the molecule is COc1ccc(C#N)cc1CNCC1(CCO)CC1. The van der Waals surface area contributed by atoms with Gasteiger partial charge in [-0.3, -0.25) is 0 Å². The molecule has 0 unspecified atom stereocenters. The van der Waals surface area contributed by atoms with E-state index in [1.807, 2.05) is 12.1 Å². The van der Waals surface area contributed by atoms with Gasteiger partial charge in [-0.05, 0) is 42.9 Å². The van der Waals surface area contributed by atoms with Gasteiger partial charge in [-0.15, -0.1) is 0 Å². The van der Waals surface area contributed by atoms with Crippen LogP contribution in [0.3, 0.4) is 0 Å². The molecular formula is C15H20N2O2. The van der Waals surface area contributed by atoms with Crippen LogP contribution in [-0.2, 0) is 6.54 Å². The maximum Gasteiger partial charge on any atom is 0.123 e. The number of ether oxygens (including phenoxy) is 1. The second kappa shape index (κ2) is 6.05. The molecule has 4 heteroatoms. The van der Waals surface area contributed by atoms with Crippen LogP contribution in [0.4, 0.5) is 0 Å². The van der Waals surface area contributed by atoms with E-state index in [1.165, 1.54) is 12.8 Å². The Morgan fingerprint density at radius 1 is 1.47 bits per heavy atom. The first-order valence-corrected chi connectivity index (χ1v) is 6.62. The summed E-state index contributed by atoms with van der Waals surface area (Å²) >= 11 is 0. The van der Waals surface area contributed by atoms with Gasteiger partial charge >= 0.3 is 0 Å². The molecule has 0 radical (unpaired) electrons. The van der Waals surface area contributed by atoms with Crippen LogP contribution in [0.1, 0.15) is 30.4 Å². The Balaban J connectivity index is 1.93. The summed E-state index contributed by atoms with van der Waals surface area (Å²) in [6, 6.07) is 7.59. The molecule has 1 aliphatic carbocycles. The fourth-order valence-electron chi connectivity index (χ4n) is 2.38. The number of nitrogens with one attached hydrogen (secondary N) is 1. The van der Waals surface area contributed by atoms with Crippen LogP contribution in [0.15, 0.2) is 18.2 Å². The van der Waals surface area contributed by atoms with Crippen LogP contribution in [0, 0.1) is 16.7 Å². The lowest BCUT2D eigenvalue weighted by molar-refractivity contribution is 0.245. The van der Waals surface area contributed by atoms with Gasteiger partial charge in [0.2, 0.25) is 0 Å². The standard InChI is InChI=1S/C15H20N2O2/c1-19-14-3-2-12(9-16)8-13(14)10-17-11-15(4-5-15)6-7-18/h2-3,8,17-18H,4-7,10-11H2,1H3. The first kappa shape index (κ1) is 13.9. The summed E-state index contributed by atoms with van der Waals surface area (Å²) in [5.74, 6) is 0.804. The predicted octanol–water partition coefficient (Wildman–Crippen LogP) is 1.82. The van der Waals surface area contributed by atoms with Crippen molar-refractivity contribution in [1.82, 2.24) is 5.32 Å². The lowest BCUT2D eigenvalue weighted by Crippen LogP contribution is -2.24. The zero-order valence-corrected chi connectivity index (χ0v) is 11.3. The van der Waals surface area contributed by atoms with Crippen molar-refractivity contribution in [3.8, 4) is 11.8 Å². The van der Waals surface area contributed by atoms with Crippen LogP contribution in [0.5, 0.6) is 5.75 Å². The highest BCUT2D eigenvalue weighted by atomic mass is 16.5. The molecule has 1 aromatic rings. The molecule has 2 N–H and O–H groups in total. The summed E-state index contributed by atoms with van der Waals surface area (Å²) in [6.45, 7) is 1.86. The molecule has 0 heterocycles. The minimum atomic E-state index is 0.259. The summed E-state index contributed by atoms with van der Waals surface area (Å²) in [5.41, 5.74) is 1.95. The normalized spacial score (nSPS) is 15.8. The fourth-order valence-corrected chi connectivity index (χ4v) is 2.38. The Bertz CT molecular complexity index is 476. The topological polar surface area (TPSA) is 65.3 Å². The monoisotopic (exact) mass is 260 g/mol. The zero-order valence-electron chi connectivity index (χ0n) is 11.3. The van der Waals surface area contributed by atoms with Gasteiger partial charge in [0.25, 0.3) is 0 Å². The highest BCUT2D eigenvalue weighted by Gasteiger charge is 2.41. The first-order chi connectivity index (χ1) is 9.23. The molecule has 0 aliphatic heterocycles. The number of rotatable bonds is 7. The van der Waals surface area contributed by atoms with Gasteiger partial charge in [0, 0.05) is 25.3 Å². The van der Waals surface area contributed by atoms with E-state index < -0.39 is 0 Å². The molecule has 102 valence electrons. The lowest BCUT2D eigenvalue weighted by Gasteiger charge is -2.15. The number of aliphatic hydroxyl groups excluding tert-OH is 1. The first-order valence-electron chi connectivity index (χ1n) is 6.62. The average Bonchev–Trinajstić information content (AvgIpc) is 3.19. The van der Waals surface area contributed by atoms with Crippen molar-refractivity contribution in [3.05, 3.63) is 29.3 Å². The third-order valence-corrected chi connectivity index (χ3v) is 3.82. The molecule has 4 nitrogen and oxygen atoms in total. The van der Waals surface area contributed by atoms with E-state index >= 15 is 0 Å². The smallest absolute Gasteiger partial charge is 0.123 e. The molecule has 1 fully saturated rings. The Kier molecular flexibility index (Phi) is 4.41. The Morgan fingerprint density at radius 2 is 2.26 bits per heavy atom. The van der Waals surface area contributed by atoms with Crippen LogP contribution in [0.25, 0.3) is 0 Å². The third kappa shape index (κ3) is 3.46. The second-order valence-electron chi connectivity index (χ2n) is 5.22. The van der Waals surface area contributed by atoms with Gasteiger partial charge in [-0.2, -0.15) is 5.26 Å². The highest BCUT2D eigenvalue weighted by Crippen LogP contribution is 2.47. The van der Waals surface area contributed by atoms with Crippen LogP contribution in [-0.4, -0.2) is 25.4 Å². The van der Waals surface area contributed by atoms with E-state index in [2.05, 4.69) is 11.4 Å². The molecule has 0 spiro atoms. The highest BCUT2D eigenvalue weighted by molar-refractivity contribution is 5.42. The van der Waals surface area contributed by atoms with Crippen molar-refractivity contribution >= 4 is 0 Å². The van der Waals surface area contributed by atoms with Crippen LogP contribution >= 0.6 is 0 Å². The molecule has 19 heavy (non-hydrogen) atoms. The van der Waals surface area contributed by atoms with Gasteiger partial charge < -0.3 is 15.2 Å². The van der Waals surface area contributed by atoms with E-state index in [1.54, 1.807) is 13.2 Å². The summed E-state index contributed by atoms with van der Waals surface area (Å²) in [4.78, 5) is 0. The molecule has 1 aromatic carbocycles. The number of benzene rings is 1. The summed E-state index contributed by atoms with van der Waals surface area (Å²) in [7, 11) is 1.64. The molecule has 1 aliphatic rings. The Hall–Kier alpha value is -1.57. The van der Waals surface area contributed by atoms with E-state index in [0.29, 0.717) is 17.5 Å². The molecule has 0 bridgehead atoms. The Labute approximate surface area is 114 Å². The van der Waals surface area contributed by atoms with E-state index in [4.69, 9.17) is 15.1 Å². The molecule has 0 amide bonds. The molecule has 2 rings (SSSR count). The number of nitriles is 1. The third-order valence-electron chi connectivity index (χ3n) is 3.82. The molecule has 0 atom stereocenters. The minimum Gasteiger partial charge on any atom is -0.496 e. The molecule has 1 saturated carbocycles. The summed E-state index contributed by atoms with van der Waals surface area (Å²) in [5, 5.41) is 21.4. The largest absolute Gasteiger partial charge is 0.496 e. The van der Waals surface area contributed by atoms with Gasteiger partial charge in [0.15, 0.2) is 0 Å². The van der Waals surface area contributed by atoms with Crippen molar-refractivity contribution in [2.75, 3.05) is 20.3 Å². The van der Waals surface area contributed by atoms with Crippen molar-refractivity contribution in [2.45, 2.75) is 25.8 Å². The van der Waals surface area contributed by atoms with Crippen molar-refractivity contribution in [3.63, 3.8) is 0 Å². The number of hydrogen-bond acceptors (Lipinski definition) is 4. The van der Waals surface area contributed by atoms with Crippen molar-refractivity contribution in [2.24, 2.45) is 5.41 Å². The molecule has 0 saturated heterocycles. The number of nitrogens with zero attached hydrogens (tertiary/aromatic N) is 1. The maximum absolute atomic E-state index is 9.02. The number of aliphatic hydroxyl groups is 1. The quantitative estimate of drug-likeness (QED) is 0.785. The lowest BCUT2D eigenvalue weighted by atomic mass is 10.0. The van der Waals surface area contributed by atoms with Gasteiger partial charge in [0.1, 0.15) is 5.75 Å². The van der Waals surface area contributed by atoms with Gasteiger partial charge in [-0.25, -0.2) is 0 Å².